The van der Waals surface area contributed by atoms with Gasteiger partial charge in [-0.1, -0.05) is 0 Å². The maximum Gasteiger partial charge on any atom is 0.402 e. The minimum Gasteiger partial charge on any atom is -0.465 e. The van der Waals surface area contributed by atoms with Crippen molar-refractivity contribution in [2.45, 2.75) is 12.6 Å². The Labute approximate surface area is 72.5 Å². The summed E-state index contributed by atoms with van der Waals surface area (Å²) in [6, 6.07) is 0. The zero-order valence-corrected chi connectivity index (χ0v) is 6.67. The third-order valence-electron chi connectivity index (χ3n) is 1.39. The maximum atomic E-state index is 11.7. The van der Waals surface area contributed by atoms with Crippen molar-refractivity contribution in [2.75, 3.05) is 13.2 Å². The summed E-state index contributed by atoms with van der Waals surface area (Å²) >= 11 is 0. The molecule has 1 saturated heterocycles. The van der Waals surface area contributed by atoms with Crippen LogP contribution in [0.15, 0.2) is 0 Å². The first-order valence-corrected chi connectivity index (χ1v) is 3.47. The van der Waals surface area contributed by atoms with Gasteiger partial charge in [-0.15, -0.1) is 0 Å². The average Bonchev–Trinajstić information content (AvgIpc) is 2.31. The molecule has 3 N–H and O–H groups in total. The topological polar surface area (TPSA) is 72.5 Å². The lowest BCUT2D eigenvalue weighted by molar-refractivity contribution is -0.173. The maximum absolute atomic E-state index is 11.7. The molecule has 78 valence electrons. The minimum absolute atomic E-state index is 0.128. The van der Waals surface area contributed by atoms with Gasteiger partial charge in [0.15, 0.2) is 0 Å². The van der Waals surface area contributed by atoms with E-state index in [1.807, 2.05) is 0 Å². The first kappa shape index (κ1) is 12.0. The van der Waals surface area contributed by atoms with Gasteiger partial charge in [0.1, 0.15) is 0 Å². The molecule has 0 aliphatic carbocycles. The lowest BCUT2D eigenvalue weighted by Gasteiger charge is -2.10. The molecule has 7 heteroatoms. The molecule has 1 amide bonds. The summed E-state index contributed by atoms with van der Waals surface area (Å²) in [4.78, 5) is 8.78. The highest BCUT2D eigenvalue weighted by molar-refractivity contribution is 5.61. The summed E-state index contributed by atoms with van der Waals surface area (Å²) in [6.45, 7) is 0.105. The average molecular weight is 201 g/mol. The normalized spacial score (nSPS) is 21.9. The zero-order chi connectivity index (χ0) is 10.5. The van der Waals surface area contributed by atoms with Gasteiger partial charge in [0.25, 0.3) is 0 Å². The molecule has 0 spiro atoms. The number of ether oxygens (including phenoxy) is 1. The molecule has 4 nitrogen and oxygen atoms in total. The van der Waals surface area contributed by atoms with Crippen molar-refractivity contribution in [1.82, 2.24) is 0 Å². The van der Waals surface area contributed by atoms with Crippen LogP contribution < -0.4 is 5.73 Å². The molecule has 0 bridgehead atoms. The third kappa shape index (κ3) is 6.21. The highest BCUT2D eigenvalue weighted by Crippen LogP contribution is 2.31. The SMILES string of the molecule is FC(F)(F)C1CCOC1.NC(=O)O. The van der Waals surface area contributed by atoms with E-state index < -0.39 is 18.2 Å². The Morgan fingerprint density at radius 3 is 2.15 bits per heavy atom. The number of rotatable bonds is 0. The molecule has 1 aliphatic heterocycles. The first-order chi connectivity index (χ1) is 5.84. The van der Waals surface area contributed by atoms with Crippen LogP contribution in [0.5, 0.6) is 0 Å². The van der Waals surface area contributed by atoms with Gasteiger partial charge in [-0.3, -0.25) is 0 Å². The number of alkyl halides is 3. The molecular weight excluding hydrogens is 191 g/mol. The van der Waals surface area contributed by atoms with E-state index in [9.17, 15) is 13.2 Å². The van der Waals surface area contributed by atoms with Crippen LogP contribution in [-0.2, 0) is 4.74 Å². The van der Waals surface area contributed by atoms with Crippen molar-refractivity contribution in [3.8, 4) is 0 Å². The van der Waals surface area contributed by atoms with Crippen LogP contribution in [0.2, 0.25) is 0 Å². The van der Waals surface area contributed by atoms with Gasteiger partial charge in [0, 0.05) is 6.61 Å². The molecule has 1 fully saturated rings. The summed E-state index contributed by atoms with van der Waals surface area (Å²) in [5, 5.41) is 7.19. The van der Waals surface area contributed by atoms with Crippen molar-refractivity contribution in [2.24, 2.45) is 11.7 Å². The molecule has 0 aromatic carbocycles. The highest BCUT2D eigenvalue weighted by Gasteiger charge is 2.41. The Morgan fingerprint density at radius 2 is 2.00 bits per heavy atom. The van der Waals surface area contributed by atoms with Crippen LogP contribution in [0.4, 0.5) is 18.0 Å². The highest BCUT2D eigenvalue weighted by atomic mass is 19.4. The van der Waals surface area contributed by atoms with E-state index in [0.717, 1.165) is 0 Å². The summed E-state index contributed by atoms with van der Waals surface area (Å²) in [5.74, 6) is -1.21. The standard InChI is InChI=1S/C5H7F3O.CH3NO2/c6-5(7,8)4-1-2-9-3-4;2-1(3)4/h4H,1-3H2;2H2,(H,3,4). The second-order valence-electron chi connectivity index (χ2n) is 2.44. The fourth-order valence-corrected chi connectivity index (χ4v) is 0.793. The van der Waals surface area contributed by atoms with Gasteiger partial charge in [-0.2, -0.15) is 13.2 Å². The molecule has 0 aromatic rings. The van der Waals surface area contributed by atoms with E-state index in [4.69, 9.17) is 9.90 Å². The largest absolute Gasteiger partial charge is 0.465 e. The number of hydrogen-bond donors (Lipinski definition) is 2. The molecule has 1 rings (SSSR count). The van der Waals surface area contributed by atoms with Crippen molar-refractivity contribution >= 4 is 6.09 Å². The van der Waals surface area contributed by atoms with Crippen LogP contribution in [0, 0.1) is 5.92 Å². The minimum atomic E-state index is -4.05. The molecule has 0 radical (unpaired) electrons. The zero-order valence-electron chi connectivity index (χ0n) is 6.67. The molecule has 1 atom stereocenters. The summed E-state index contributed by atoms with van der Waals surface area (Å²) in [5.41, 5.74) is 4.03. The molecular formula is C6H10F3NO3. The Kier molecular flexibility index (Phi) is 4.53. The number of carbonyl (C=O) groups is 1. The van der Waals surface area contributed by atoms with E-state index in [1.54, 1.807) is 0 Å². The fraction of sp³-hybridized carbons (Fsp3) is 0.833. The van der Waals surface area contributed by atoms with E-state index in [2.05, 4.69) is 10.5 Å². The summed E-state index contributed by atoms with van der Waals surface area (Å²) in [7, 11) is 0. The quantitative estimate of drug-likeness (QED) is 0.618. The predicted molar refractivity (Wildman–Crippen MR) is 37.2 cm³/mol. The van der Waals surface area contributed by atoms with E-state index >= 15 is 0 Å². The molecule has 0 saturated carbocycles. The van der Waals surface area contributed by atoms with Crippen LogP contribution in [0.25, 0.3) is 0 Å². The summed E-state index contributed by atoms with van der Waals surface area (Å²) in [6.07, 6.45) is -5.25. The van der Waals surface area contributed by atoms with Crippen molar-refractivity contribution in [3.05, 3.63) is 0 Å². The van der Waals surface area contributed by atoms with Gasteiger partial charge in [-0.25, -0.2) is 4.79 Å². The van der Waals surface area contributed by atoms with Crippen LogP contribution in [-0.4, -0.2) is 30.6 Å². The van der Waals surface area contributed by atoms with Crippen molar-refractivity contribution in [1.29, 1.82) is 0 Å². The van der Waals surface area contributed by atoms with Gasteiger partial charge in [-0.05, 0) is 6.42 Å². The summed E-state index contributed by atoms with van der Waals surface area (Å²) < 4.78 is 39.6. The molecule has 1 heterocycles. The number of carboxylic acid groups (broad SMARTS) is 1. The lowest BCUT2D eigenvalue weighted by Crippen LogP contribution is -2.22. The third-order valence-corrected chi connectivity index (χ3v) is 1.39. The monoisotopic (exact) mass is 201 g/mol. The van der Waals surface area contributed by atoms with Gasteiger partial charge < -0.3 is 15.6 Å². The second-order valence-corrected chi connectivity index (χ2v) is 2.44. The fourth-order valence-electron chi connectivity index (χ4n) is 0.793. The number of primary amides is 1. The van der Waals surface area contributed by atoms with Crippen molar-refractivity contribution < 1.29 is 27.8 Å². The van der Waals surface area contributed by atoms with Crippen LogP contribution in [0.3, 0.4) is 0 Å². The second kappa shape index (κ2) is 4.90. The molecule has 1 aliphatic rings. The Balaban J connectivity index is 0.000000310. The molecule has 1 unspecified atom stereocenters. The number of hydrogen-bond acceptors (Lipinski definition) is 2. The van der Waals surface area contributed by atoms with Crippen molar-refractivity contribution in [3.63, 3.8) is 0 Å². The molecule has 13 heavy (non-hydrogen) atoms. The van der Waals surface area contributed by atoms with Crippen LogP contribution in [0.1, 0.15) is 6.42 Å². The molecule has 0 aromatic heterocycles. The van der Waals surface area contributed by atoms with Gasteiger partial charge in [0.2, 0.25) is 0 Å². The number of amides is 1. The Morgan fingerprint density at radius 1 is 1.54 bits per heavy atom. The van der Waals surface area contributed by atoms with E-state index in [1.165, 1.54) is 0 Å². The predicted octanol–water partition coefficient (Wildman–Crippen LogP) is 1.21. The smallest absolute Gasteiger partial charge is 0.402 e. The Hall–Kier alpha value is -0.980. The Bertz CT molecular complexity index is 161. The first-order valence-electron chi connectivity index (χ1n) is 3.47. The van der Waals surface area contributed by atoms with E-state index in [0.29, 0.717) is 0 Å². The number of halogens is 3. The van der Waals surface area contributed by atoms with E-state index in [-0.39, 0.29) is 19.6 Å². The van der Waals surface area contributed by atoms with Crippen LogP contribution >= 0.6 is 0 Å². The van der Waals surface area contributed by atoms with Gasteiger partial charge in [0.05, 0.1) is 12.5 Å². The number of nitrogens with two attached hydrogens (primary N) is 1. The lowest BCUT2D eigenvalue weighted by atomic mass is 10.1. The van der Waals surface area contributed by atoms with Gasteiger partial charge >= 0.3 is 12.3 Å².